The third kappa shape index (κ3) is 4.82. The van der Waals surface area contributed by atoms with Crippen LogP contribution < -0.4 is 5.32 Å². The Morgan fingerprint density at radius 3 is 2.53 bits per heavy atom. The zero-order valence-electron chi connectivity index (χ0n) is 17.5. The molecule has 0 saturated carbocycles. The van der Waals surface area contributed by atoms with E-state index in [0.717, 1.165) is 18.4 Å². The van der Waals surface area contributed by atoms with Crippen LogP contribution in [0.15, 0.2) is 65.8 Å². The molecule has 0 spiro atoms. The van der Waals surface area contributed by atoms with Gasteiger partial charge in [0, 0.05) is 24.2 Å². The number of rotatable bonds is 5. The maximum atomic E-state index is 13.1. The molecule has 7 nitrogen and oxygen atoms in total. The maximum absolute atomic E-state index is 13.1. The molecule has 1 amide bonds. The monoisotopic (exact) mass is 470 g/mol. The molecule has 1 aliphatic heterocycles. The summed E-state index contributed by atoms with van der Waals surface area (Å²) in [6.07, 6.45) is 4.82. The summed E-state index contributed by atoms with van der Waals surface area (Å²) in [7, 11) is -3.79. The lowest BCUT2D eigenvalue weighted by molar-refractivity contribution is 0.102. The van der Waals surface area contributed by atoms with Crippen LogP contribution in [-0.4, -0.2) is 41.7 Å². The number of hydrogen-bond donors (Lipinski definition) is 1. The second-order valence-corrected chi connectivity index (χ2v) is 10.2. The van der Waals surface area contributed by atoms with Crippen molar-refractivity contribution in [3.8, 4) is 11.4 Å². The van der Waals surface area contributed by atoms with Crippen molar-refractivity contribution < 1.29 is 13.2 Å². The van der Waals surface area contributed by atoms with Gasteiger partial charge in [0.25, 0.3) is 5.91 Å². The van der Waals surface area contributed by atoms with Crippen LogP contribution in [0.5, 0.6) is 0 Å². The van der Waals surface area contributed by atoms with Crippen molar-refractivity contribution in [3.63, 3.8) is 0 Å². The number of nitrogens with zero attached hydrogens (tertiary/aromatic N) is 3. The molecule has 1 saturated heterocycles. The zero-order chi connectivity index (χ0) is 22.7. The number of benzene rings is 2. The van der Waals surface area contributed by atoms with Gasteiger partial charge in [-0.1, -0.05) is 48.9 Å². The Morgan fingerprint density at radius 2 is 1.84 bits per heavy atom. The molecule has 1 aliphatic rings. The Kier molecular flexibility index (Phi) is 6.55. The van der Waals surface area contributed by atoms with Crippen LogP contribution in [0, 0.1) is 5.92 Å². The number of carbonyl (C=O) groups excluding carboxylic acids is 1. The number of piperidine rings is 1. The number of nitrogens with one attached hydrogen (secondary N) is 1. The fourth-order valence-electron chi connectivity index (χ4n) is 3.68. The molecule has 1 N–H and O–H groups in total. The number of hydrogen-bond acceptors (Lipinski definition) is 5. The molecule has 0 bridgehead atoms. The van der Waals surface area contributed by atoms with E-state index in [-0.39, 0.29) is 21.4 Å². The number of carbonyl (C=O) groups is 1. The first-order valence-corrected chi connectivity index (χ1v) is 12.1. The molecule has 2 aromatic carbocycles. The molecule has 0 radical (unpaired) electrons. The molecule has 2 heterocycles. The molecule has 0 aliphatic carbocycles. The topological polar surface area (TPSA) is 92.3 Å². The van der Waals surface area contributed by atoms with Gasteiger partial charge in [0.15, 0.2) is 5.82 Å². The van der Waals surface area contributed by atoms with Crippen LogP contribution in [0.1, 0.15) is 30.1 Å². The average molecular weight is 471 g/mol. The highest BCUT2D eigenvalue weighted by molar-refractivity contribution is 7.89. The molecule has 1 unspecified atom stereocenters. The minimum absolute atomic E-state index is 0.0587. The second-order valence-electron chi connectivity index (χ2n) is 7.87. The van der Waals surface area contributed by atoms with Crippen molar-refractivity contribution in [1.82, 2.24) is 14.3 Å². The largest absolute Gasteiger partial charge is 0.319 e. The fourth-order valence-corrected chi connectivity index (χ4v) is 5.78. The molecule has 32 heavy (non-hydrogen) atoms. The minimum Gasteiger partial charge on any atom is -0.319 e. The molecule has 9 heteroatoms. The van der Waals surface area contributed by atoms with Crippen molar-refractivity contribution >= 4 is 33.2 Å². The first-order valence-electron chi connectivity index (χ1n) is 10.3. The summed E-state index contributed by atoms with van der Waals surface area (Å²) in [5, 5.41) is 2.80. The van der Waals surface area contributed by atoms with Gasteiger partial charge >= 0.3 is 0 Å². The summed E-state index contributed by atoms with van der Waals surface area (Å²) in [6.45, 7) is 2.92. The Morgan fingerprint density at radius 1 is 1.12 bits per heavy atom. The number of anilines is 1. The molecular weight excluding hydrogens is 448 g/mol. The van der Waals surface area contributed by atoms with E-state index in [1.807, 2.05) is 37.3 Å². The fraction of sp³-hybridized carbons (Fsp3) is 0.261. The van der Waals surface area contributed by atoms with Gasteiger partial charge in [0.1, 0.15) is 4.90 Å². The first kappa shape index (κ1) is 22.4. The highest BCUT2D eigenvalue weighted by Gasteiger charge is 2.31. The summed E-state index contributed by atoms with van der Waals surface area (Å²) in [5.74, 6) is 0.350. The Labute approximate surface area is 192 Å². The number of amides is 1. The quantitative estimate of drug-likeness (QED) is 0.593. The van der Waals surface area contributed by atoms with Crippen LogP contribution in [0.4, 0.5) is 5.69 Å². The van der Waals surface area contributed by atoms with Gasteiger partial charge in [-0.2, -0.15) is 4.31 Å². The van der Waals surface area contributed by atoms with Gasteiger partial charge in [-0.15, -0.1) is 0 Å². The number of halogens is 1. The second kappa shape index (κ2) is 9.36. The molecule has 1 fully saturated rings. The standard InChI is InChI=1S/C23H23ClN4O3S/c1-16-6-5-11-28(15-16)32(30,31)21-12-18(9-10-20(21)24)23(29)27-19-13-25-22(26-14-19)17-7-3-2-4-8-17/h2-4,7-10,12-14,16H,5-6,11,15H2,1H3,(H,27,29). The summed E-state index contributed by atoms with van der Waals surface area (Å²) in [6, 6.07) is 13.7. The van der Waals surface area contributed by atoms with Gasteiger partial charge in [0.05, 0.1) is 23.1 Å². The number of sulfonamides is 1. The smallest absolute Gasteiger partial charge is 0.255 e. The predicted molar refractivity (Wildman–Crippen MR) is 124 cm³/mol. The van der Waals surface area contributed by atoms with E-state index in [2.05, 4.69) is 15.3 Å². The summed E-state index contributed by atoms with van der Waals surface area (Å²) in [4.78, 5) is 21.3. The van der Waals surface area contributed by atoms with Crippen molar-refractivity contribution in [2.75, 3.05) is 18.4 Å². The highest BCUT2D eigenvalue weighted by atomic mass is 35.5. The van der Waals surface area contributed by atoms with E-state index in [1.54, 1.807) is 0 Å². The minimum atomic E-state index is -3.79. The van der Waals surface area contributed by atoms with Crippen molar-refractivity contribution in [2.45, 2.75) is 24.7 Å². The van der Waals surface area contributed by atoms with E-state index in [9.17, 15) is 13.2 Å². The van der Waals surface area contributed by atoms with Crippen LogP contribution in [-0.2, 0) is 10.0 Å². The molecular formula is C23H23ClN4O3S. The van der Waals surface area contributed by atoms with Gasteiger partial charge in [-0.25, -0.2) is 18.4 Å². The normalized spacial score (nSPS) is 17.1. The van der Waals surface area contributed by atoms with E-state index >= 15 is 0 Å². The first-order chi connectivity index (χ1) is 15.3. The van der Waals surface area contributed by atoms with Gasteiger partial charge in [-0.3, -0.25) is 4.79 Å². The van der Waals surface area contributed by atoms with Crippen LogP contribution >= 0.6 is 11.6 Å². The summed E-state index contributed by atoms with van der Waals surface area (Å²) in [5.41, 5.74) is 1.45. The number of aromatic nitrogens is 2. The van der Waals surface area contributed by atoms with Gasteiger partial charge in [-0.05, 0) is 37.0 Å². The lowest BCUT2D eigenvalue weighted by Crippen LogP contribution is -2.39. The van der Waals surface area contributed by atoms with Crippen molar-refractivity contribution in [3.05, 3.63) is 71.5 Å². The van der Waals surface area contributed by atoms with Crippen molar-refractivity contribution in [2.24, 2.45) is 5.92 Å². The van der Waals surface area contributed by atoms with Crippen LogP contribution in [0.2, 0.25) is 5.02 Å². The average Bonchev–Trinajstić information content (AvgIpc) is 2.80. The Hall–Kier alpha value is -2.81. The Bertz CT molecular complexity index is 1220. The zero-order valence-corrected chi connectivity index (χ0v) is 19.1. The summed E-state index contributed by atoms with van der Waals surface area (Å²) >= 11 is 6.22. The lowest BCUT2D eigenvalue weighted by atomic mass is 10.0. The highest BCUT2D eigenvalue weighted by Crippen LogP contribution is 2.29. The molecule has 4 rings (SSSR count). The predicted octanol–water partition coefficient (Wildman–Crippen LogP) is 4.47. The lowest BCUT2D eigenvalue weighted by Gasteiger charge is -2.30. The van der Waals surface area contributed by atoms with Gasteiger partial charge < -0.3 is 5.32 Å². The summed E-state index contributed by atoms with van der Waals surface area (Å²) < 4.78 is 27.7. The maximum Gasteiger partial charge on any atom is 0.255 e. The van der Waals surface area contributed by atoms with E-state index in [0.29, 0.717) is 24.6 Å². The molecule has 166 valence electrons. The van der Waals surface area contributed by atoms with Crippen LogP contribution in [0.25, 0.3) is 11.4 Å². The molecule has 3 aromatic rings. The van der Waals surface area contributed by atoms with E-state index < -0.39 is 15.9 Å². The Balaban J connectivity index is 1.53. The van der Waals surface area contributed by atoms with E-state index in [1.165, 1.54) is 34.9 Å². The molecule has 1 atom stereocenters. The third-order valence-corrected chi connectivity index (χ3v) is 7.72. The SMILES string of the molecule is CC1CCCN(S(=O)(=O)c2cc(C(=O)Nc3cnc(-c4ccccc4)nc3)ccc2Cl)C1. The van der Waals surface area contributed by atoms with Crippen LogP contribution in [0.3, 0.4) is 0 Å². The molecule has 1 aromatic heterocycles. The van der Waals surface area contributed by atoms with Gasteiger partial charge in [0.2, 0.25) is 10.0 Å². The van der Waals surface area contributed by atoms with E-state index in [4.69, 9.17) is 11.6 Å². The van der Waals surface area contributed by atoms with Crippen molar-refractivity contribution in [1.29, 1.82) is 0 Å². The third-order valence-electron chi connectivity index (χ3n) is 5.37.